The van der Waals surface area contributed by atoms with Crippen LogP contribution in [-0.4, -0.2) is 41.9 Å². The number of amides is 1. The van der Waals surface area contributed by atoms with E-state index in [-0.39, 0.29) is 16.5 Å². The van der Waals surface area contributed by atoms with Crippen molar-refractivity contribution < 1.29 is 9.72 Å². The number of benzene rings is 1. The van der Waals surface area contributed by atoms with Crippen LogP contribution in [0.5, 0.6) is 0 Å². The van der Waals surface area contributed by atoms with Crippen LogP contribution in [0.4, 0.5) is 11.4 Å². The van der Waals surface area contributed by atoms with Gasteiger partial charge in [0, 0.05) is 38.7 Å². The highest BCUT2D eigenvalue weighted by Crippen LogP contribution is 2.30. The topological polar surface area (TPSA) is 66.7 Å². The number of nitro groups is 1. The summed E-state index contributed by atoms with van der Waals surface area (Å²) < 4.78 is 0. The standard InChI is InChI=1S/C18H25N3O3/c22-18(10-9-15-5-1-2-6-15)20-13-11-19(12-14-20)16-7-3-4-8-17(16)21(23)24/h3-4,7-8,15H,1-2,5-6,9-14H2. The molecule has 1 aliphatic carbocycles. The van der Waals surface area contributed by atoms with Gasteiger partial charge in [0.05, 0.1) is 4.92 Å². The normalized spacial score (nSPS) is 18.8. The smallest absolute Gasteiger partial charge is 0.292 e. The van der Waals surface area contributed by atoms with Crippen LogP contribution < -0.4 is 4.90 Å². The second-order valence-corrected chi connectivity index (χ2v) is 6.80. The lowest BCUT2D eigenvalue weighted by molar-refractivity contribution is -0.384. The zero-order valence-corrected chi connectivity index (χ0v) is 14.0. The molecule has 1 aliphatic heterocycles. The van der Waals surface area contributed by atoms with Crippen LogP contribution >= 0.6 is 0 Å². The van der Waals surface area contributed by atoms with Gasteiger partial charge in [-0.05, 0) is 18.4 Å². The quantitative estimate of drug-likeness (QED) is 0.614. The summed E-state index contributed by atoms with van der Waals surface area (Å²) in [5.41, 5.74) is 0.791. The Morgan fingerprint density at radius 3 is 2.46 bits per heavy atom. The fourth-order valence-corrected chi connectivity index (χ4v) is 3.87. The summed E-state index contributed by atoms with van der Waals surface area (Å²) in [4.78, 5) is 27.1. The Morgan fingerprint density at radius 1 is 1.12 bits per heavy atom. The minimum Gasteiger partial charge on any atom is -0.362 e. The molecule has 1 saturated carbocycles. The third-order valence-electron chi connectivity index (χ3n) is 5.29. The number of anilines is 1. The summed E-state index contributed by atoms with van der Waals surface area (Å²) >= 11 is 0. The molecule has 0 radical (unpaired) electrons. The van der Waals surface area contributed by atoms with E-state index in [0.29, 0.717) is 38.3 Å². The first kappa shape index (κ1) is 16.7. The first-order chi connectivity index (χ1) is 11.6. The molecule has 0 unspecified atom stereocenters. The maximum absolute atomic E-state index is 12.4. The van der Waals surface area contributed by atoms with Crippen molar-refractivity contribution in [2.75, 3.05) is 31.1 Å². The first-order valence-electron chi connectivity index (χ1n) is 8.91. The number of hydrogen-bond acceptors (Lipinski definition) is 4. The van der Waals surface area contributed by atoms with Crippen molar-refractivity contribution in [1.82, 2.24) is 4.90 Å². The molecule has 130 valence electrons. The molecule has 0 spiro atoms. The minimum atomic E-state index is -0.339. The predicted octanol–water partition coefficient (Wildman–Crippen LogP) is 3.21. The van der Waals surface area contributed by atoms with E-state index in [4.69, 9.17) is 0 Å². The van der Waals surface area contributed by atoms with Crippen LogP contribution in [0.2, 0.25) is 0 Å². The van der Waals surface area contributed by atoms with Gasteiger partial charge in [0.2, 0.25) is 5.91 Å². The molecule has 3 rings (SSSR count). The van der Waals surface area contributed by atoms with Crippen molar-refractivity contribution in [3.8, 4) is 0 Å². The maximum Gasteiger partial charge on any atom is 0.292 e. The Balaban J connectivity index is 1.52. The highest BCUT2D eigenvalue weighted by molar-refractivity contribution is 5.76. The number of hydrogen-bond donors (Lipinski definition) is 0. The lowest BCUT2D eigenvalue weighted by atomic mass is 10.0. The average molecular weight is 331 g/mol. The summed E-state index contributed by atoms with van der Waals surface area (Å²) in [5, 5.41) is 11.2. The molecule has 0 atom stereocenters. The molecule has 1 aromatic carbocycles. The number of carbonyl (C=O) groups is 1. The van der Waals surface area contributed by atoms with Gasteiger partial charge < -0.3 is 9.80 Å². The van der Waals surface area contributed by atoms with Crippen LogP contribution in [-0.2, 0) is 4.79 Å². The van der Waals surface area contributed by atoms with Gasteiger partial charge in [-0.15, -0.1) is 0 Å². The van der Waals surface area contributed by atoms with Crippen molar-refractivity contribution in [2.45, 2.75) is 38.5 Å². The molecule has 0 N–H and O–H groups in total. The molecular weight excluding hydrogens is 306 g/mol. The van der Waals surface area contributed by atoms with Crippen molar-refractivity contribution in [1.29, 1.82) is 0 Å². The van der Waals surface area contributed by atoms with Crippen molar-refractivity contribution in [2.24, 2.45) is 5.92 Å². The molecule has 1 heterocycles. The highest BCUT2D eigenvalue weighted by atomic mass is 16.6. The van der Waals surface area contributed by atoms with E-state index in [1.807, 2.05) is 15.9 Å². The largest absolute Gasteiger partial charge is 0.362 e. The molecule has 1 saturated heterocycles. The van der Waals surface area contributed by atoms with Gasteiger partial charge >= 0.3 is 0 Å². The second kappa shape index (κ2) is 7.64. The van der Waals surface area contributed by atoms with Gasteiger partial charge in [0.15, 0.2) is 0 Å². The molecule has 2 aliphatic rings. The lowest BCUT2D eigenvalue weighted by Crippen LogP contribution is -2.49. The predicted molar refractivity (Wildman–Crippen MR) is 93.1 cm³/mol. The third-order valence-corrected chi connectivity index (χ3v) is 5.29. The number of para-hydroxylation sites is 2. The third kappa shape index (κ3) is 3.86. The van der Waals surface area contributed by atoms with E-state index >= 15 is 0 Å². The monoisotopic (exact) mass is 331 g/mol. The highest BCUT2D eigenvalue weighted by Gasteiger charge is 2.26. The Morgan fingerprint density at radius 2 is 1.79 bits per heavy atom. The van der Waals surface area contributed by atoms with Gasteiger partial charge in [0.25, 0.3) is 5.69 Å². The summed E-state index contributed by atoms with van der Waals surface area (Å²) in [6.45, 7) is 2.60. The van der Waals surface area contributed by atoms with E-state index in [2.05, 4.69) is 0 Å². The molecular formula is C18H25N3O3. The Kier molecular flexibility index (Phi) is 5.33. The van der Waals surface area contributed by atoms with Crippen molar-refractivity contribution in [3.63, 3.8) is 0 Å². The van der Waals surface area contributed by atoms with Gasteiger partial charge in [-0.25, -0.2) is 0 Å². The van der Waals surface area contributed by atoms with E-state index in [1.165, 1.54) is 31.7 Å². The molecule has 0 bridgehead atoms. The van der Waals surface area contributed by atoms with Gasteiger partial charge in [-0.1, -0.05) is 37.8 Å². The SMILES string of the molecule is O=C(CCC1CCCC1)N1CCN(c2ccccc2[N+](=O)[O-])CC1. The maximum atomic E-state index is 12.4. The van der Waals surface area contributed by atoms with Gasteiger partial charge in [0.1, 0.15) is 5.69 Å². The Labute approximate surface area is 142 Å². The van der Waals surface area contributed by atoms with Gasteiger partial charge in [-0.2, -0.15) is 0 Å². The summed E-state index contributed by atoms with van der Waals surface area (Å²) in [5.74, 6) is 0.978. The average Bonchev–Trinajstić information content (AvgIpc) is 3.13. The summed E-state index contributed by atoms with van der Waals surface area (Å²) in [7, 11) is 0. The van der Waals surface area contributed by atoms with Crippen molar-refractivity contribution >= 4 is 17.3 Å². The zero-order valence-electron chi connectivity index (χ0n) is 14.0. The van der Waals surface area contributed by atoms with Crippen LogP contribution in [0, 0.1) is 16.0 Å². The van der Waals surface area contributed by atoms with Crippen LogP contribution in [0.25, 0.3) is 0 Å². The van der Waals surface area contributed by atoms with E-state index < -0.39 is 0 Å². The fourth-order valence-electron chi connectivity index (χ4n) is 3.87. The molecule has 1 aromatic rings. The molecule has 0 aromatic heterocycles. The molecule has 24 heavy (non-hydrogen) atoms. The van der Waals surface area contributed by atoms with Crippen LogP contribution in [0.1, 0.15) is 38.5 Å². The van der Waals surface area contributed by atoms with Gasteiger partial charge in [-0.3, -0.25) is 14.9 Å². The van der Waals surface area contributed by atoms with E-state index in [9.17, 15) is 14.9 Å². The first-order valence-corrected chi connectivity index (χ1v) is 8.91. The fraction of sp³-hybridized carbons (Fsp3) is 0.611. The number of nitrogens with zero attached hydrogens (tertiary/aromatic N) is 3. The Hall–Kier alpha value is -2.11. The molecule has 6 heteroatoms. The second-order valence-electron chi connectivity index (χ2n) is 6.80. The number of piperazine rings is 1. The minimum absolute atomic E-state index is 0.138. The van der Waals surface area contributed by atoms with E-state index in [0.717, 1.165) is 12.3 Å². The lowest BCUT2D eigenvalue weighted by Gasteiger charge is -2.36. The number of nitro benzene ring substituents is 1. The Bertz CT molecular complexity index is 591. The number of carbonyl (C=O) groups excluding carboxylic acids is 1. The molecule has 6 nitrogen and oxygen atoms in total. The zero-order chi connectivity index (χ0) is 16.9. The van der Waals surface area contributed by atoms with Crippen LogP contribution in [0.3, 0.4) is 0 Å². The molecule has 1 amide bonds. The van der Waals surface area contributed by atoms with Crippen molar-refractivity contribution in [3.05, 3.63) is 34.4 Å². The van der Waals surface area contributed by atoms with Crippen LogP contribution in [0.15, 0.2) is 24.3 Å². The summed E-state index contributed by atoms with van der Waals surface area (Å²) in [6.07, 6.45) is 6.84. The molecule has 2 fully saturated rings. The summed E-state index contributed by atoms with van der Waals surface area (Å²) in [6, 6.07) is 6.83. The number of rotatable bonds is 5. The van der Waals surface area contributed by atoms with E-state index in [1.54, 1.807) is 12.1 Å².